The highest BCUT2D eigenvalue weighted by Gasteiger charge is 2.37. The van der Waals surface area contributed by atoms with E-state index in [0.717, 1.165) is 37.7 Å². The van der Waals surface area contributed by atoms with Crippen molar-refractivity contribution in [3.8, 4) is 11.3 Å². The first-order valence-corrected chi connectivity index (χ1v) is 11.9. The lowest BCUT2D eigenvalue weighted by molar-refractivity contribution is -0.129. The summed E-state index contributed by atoms with van der Waals surface area (Å²) >= 11 is 0. The Morgan fingerprint density at radius 3 is 2.25 bits per heavy atom. The summed E-state index contributed by atoms with van der Waals surface area (Å²) in [5.41, 5.74) is 5.61. The Kier molecular flexibility index (Phi) is 6.06. The summed E-state index contributed by atoms with van der Waals surface area (Å²) < 4.78 is 0. The quantitative estimate of drug-likeness (QED) is 0.719. The second-order valence-corrected chi connectivity index (χ2v) is 11.0. The van der Waals surface area contributed by atoms with Gasteiger partial charge in [0.25, 0.3) is 0 Å². The molecule has 0 N–H and O–H groups in total. The molecule has 5 nitrogen and oxygen atoms in total. The number of likely N-dealkylation sites (N-methyl/N-ethyl adjacent to an activating group) is 1. The number of rotatable bonds is 4. The van der Waals surface area contributed by atoms with E-state index >= 15 is 0 Å². The number of carbonyl (C=O) groups excluding carboxylic acids is 1. The summed E-state index contributed by atoms with van der Waals surface area (Å²) in [6.45, 7) is 13.5. The number of carbonyl (C=O) groups is 1. The van der Waals surface area contributed by atoms with Crippen LogP contribution in [0.1, 0.15) is 51.7 Å². The van der Waals surface area contributed by atoms with Crippen molar-refractivity contribution in [1.82, 2.24) is 14.8 Å². The minimum Gasteiger partial charge on any atom is -0.354 e. The number of pyridine rings is 1. The van der Waals surface area contributed by atoms with Crippen LogP contribution in [0.15, 0.2) is 36.4 Å². The van der Waals surface area contributed by atoms with Gasteiger partial charge < -0.3 is 9.80 Å². The monoisotopic (exact) mass is 434 g/mol. The topological polar surface area (TPSA) is 39.7 Å². The Balaban J connectivity index is 1.53. The molecule has 1 amide bonds. The normalized spacial score (nSPS) is 20.0. The van der Waals surface area contributed by atoms with Gasteiger partial charge in [0, 0.05) is 45.8 Å². The summed E-state index contributed by atoms with van der Waals surface area (Å²) in [6.07, 6.45) is 2.44. The standard InChI is InChI=1S/C27H38N4O/c1-26(2)12-13-27(3,4)22-18-20(10-11-21(22)26)23-8-7-9-24(28-23)31-16-14-30(15-17-31)19-25(32)29(5)6/h7-11,18H,12-17,19H2,1-6H3. The molecule has 2 heterocycles. The van der Waals surface area contributed by atoms with Gasteiger partial charge in [-0.1, -0.05) is 45.9 Å². The van der Waals surface area contributed by atoms with Gasteiger partial charge in [0.2, 0.25) is 5.91 Å². The van der Waals surface area contributed by atoms with E-state index in [1.54, 1.807) is 4.90 Å². The van der Waals surface area contributed by atoms with Crippen LogP contribution in [0.4, 0.5) is 5.82 Å². The van der Waals surface area contributed by atoms with Crippen LogP contribution in [-0.4, -0.2) is 67.5 Å². The van der Waals surface area contributed by atoms with Gasteiger partial charge in [0.1, 0.15) is 5.82 Å². The molecule has 32 heavy (non-hydrogen) atoms. The molecule has 1 aromatic carbocycles. The predicted molar refractivity (Wildman–Crippen MR) is 132 cm³/mol. The van der Waals surface area contributed by atoms with Crippen molar-refractivity contribution in [2.45, 2.75) is 51.4 Å². The van der Waals surface area contributed by atoms with Crippen LogP contribution in [-0.2, 0) is 15.6 Å². The molecule has 0 bridgehead atoms. The Labute approximate surface area is 193 Å². The molecule has 2 aliphatic rings. The van der Waals surface area contributed by atoms with Crippen LogP contribution in [0.5, 0.6) is 0 Å². The molecule has 0 unspecified atom stereocenters. The van der Waals surface area contributed by atoms with Gasteiger partial charge in [-0.15, -0.1) is 0 Å². The van der Waals surface area contributed by atoms with E-state index in [4.69, 9.17) is 4.98 Å². The summed E-state index contributed by atoms with van der Waals surface area (Å²) in [4.78, 5) is 23.3. The lowest BCUT2D eigenvalue weighted by atomic mass is 9.63. The first-order valence-electron chi connectivity index (χ1n) is 11.9. The van der Waals surface area contributed by atoms with Gasteiger partial charge >= 0.3 is 0 Å². The Morgan fingerprint density at radius 1 is 0.938 bits per heavy atom. The summed E-state index contributed by atoms with van der Waals surface area (Å²) in [6, 6.07) is 13.3. The van der Waals surface area contributed by atoms with Crippen molar-refractivity contribution < 1.29 is 4.79 Å². The van der Waals surface area contributed by atoms with Crippen LogP contribution in [0.25, 0.3) is 11.3 Å². The fourth-order valence-electron chi connectivity index (χ4n) is 4.98. The average molecular weight is 435 g/mol. The van der Waals surface area contributed by atoms with Gasteiger partial charge in [0.15, 0.2) is 0 Å². The highest BCUT2D eigenvalue weighted by atomic mass is 16.2. The third-order valence-electron chi connectivity index (χ3n) is 7.44. The van der Waals surface area contributed by atoms with E-state index < -0.39 is 0 Å². The molecule has 5 heteroatoms. The molecule has 172 valence electrons. The lowest BCUT2D eigenvalue weighted by Gasteiger charge is -2.42. The minimum absolute atomic E-state index is 0.164. The van der Waals surface area contributed by atoms with Gasteiger partial charge in [-0.3, -0.25) is 9.69 Å². The van der Waals surface area contributed by atoms with Gasteiger partial charge in [-0.25, -0.2) is 4.98 Å². The van der Waals surface area contributed by atoms with Crippen LogP contribution in [0.2, 0.25) is 0 Å². The second-order valence-electron chi connectivity index (χ2n) is 11.0. The number of hydrogen-bond donors (Lipinski definition) is 0. The summed E-state index contributed by atoms with van der Waals surface area (Å²) in [7, 11) is 3.63. The maximum absolute atomic E-state index is 12.0. The van der Waals surface area contributed by atoms with Crippen molar-refractivity contribution in [2.24, 2.45) is 0 Å². The van der Waals surface area contributed by atoms with Crippen molar-refractivity contribution >= 4 is 11.7 Å². The van der Waals surface area contributed by atoms with Crippen molar-refractivity contribution in [2.75, 3.05) is 51.7 Å². The summed E-state index contributed by atoms with van der Waals surface area (Å²) in [5.74, 6) is 1.19. The zero-order valence-corrected chi connectivity index (χ0v) is 20.6. The maximum Gasteiger partial charge on any atom is 0.236 e. The van der Waals surface area contributed by atoms with Gasteiger partial charge in [-0.2, -0.15) is 0 Å². The largest absolute Gasteiger partial charge is 0.354 e. The van der Waals surface area contributed by atoms with E-state index in [0.29, 0.717) is 6.54 Å². The molecular weight excluding hydrogens is 396 g/mol. The molecular formula is C27H38N4O. The van der Waals surface area contributed by atoms with Crippen LogP contribution < -0.4 is 4.90 Å². The third-order valence-corrected chi connectivity index (χ3v) is 7.44. The van der Waals surface area contributed by atoms with E-state index in [1.165, 1.54) is 29.5 Å². The minimum atomic E-state index is 0.164. The number of nitrogens with zero attached hydrogens (tertiary/aromatic N) is 4. The number of anilines is 1. The molecule has 4 rings (SSSR count). The molecule has 1 saturated heterocycles. The lowest BCUT2D eigenvalue weighted by Crippen LogP contribution is -2.49. The summed E-state index contributed by atoms with van der Waals surface area (Å²) in [5, 5.41) is 0. The molecule has 2 aromatic rings. The zero-order chi connectivity index (χ0) is 23.1. The van der Waals surface area contributed by atoms with Crippen LogP contribution in [0.3, 0.4) is 0 Å². The van der Waals surface area contributed by atoms with Crippen molar-refractivity contribution in [3.63, 3.8) is 0 Å². The van der Waals surface area contributed by atoms with Crippen molar-refractivity contribution in [3.05, 3.63) is 47.5 Å². The molecule has 1 aliphatic carbocycles. The van der Waals surface area contributed by atoms with E-state index in [1.807, 2.05) is 14.1 Å². The smallest absolute Gasteiger partial charge is 0.236 e. The molecule has 0 atom stereocenters. The Hall–Kier alpha value is -2.40. The molecule has 0 spiro atoms. The Bertz CT molecular complexity index is 987. The van der Waals surface area contributed by atoms with Crippen LogP contribution >= 0.6 is 0 Å². The predicted octanol–water partition coefficient (Wildman–Crippen LogP) is 4.31. The van der Waals surface area contributed by atoms with E-state index in [9.17, 15) is 4.79 Å². The Morgan fingerprint density at radius 2 is 1.59 bits per heavy atom. The first kappa shape index (κ1) is 22.8. The zero-order valence-electron chi connectivity index (χ0n) is 20.6. The fourth-order valence-corrected chi connectivity index (χ4v) is 4.98. The van der Waals surface area contributed by atoms with E-state index in [2.05, 4.69) is 73.9 Å². The molecule has 0 saturated carbocycles. The number of piperazine rings is 1. The third kappa shape index (κ3) is 4.54. The number of fused-ring (bicyclic) bond motifs is 1. The fraction of sp³-hybridized carbons (Fsp3) is 0.556. The molecule has 1 fully saturated rings. The van der Waals surface area contributed by atoms with Gasteiger partial charge in [0.05, 0.1) is 12.2 Å². The van der Waals surface area contributed by atoms with Gasteiger partial charge in [-0.05, 0) is 53.0 Å². The SMILES string of the molecule is CN(C)C(=O)CN1CCN(c2cccc(-c3ccc4c(c3)C(C)(C)CCC4(C)C)n2)CC1. The van der Waals surface area contributed by atoms with Crippen molar-refractivity contribution in [1.29, 1.82) is 0 Å². The molecule has 1 aromatic heterocycles. The number of aromatic nitrogens is 1. The van der Waals surface area contributed by atoms with E-state index in [-0.39, 0.29) is 16.7 Å². The average Bonchev–Trinajstić information content (AvgIpc) is 2.77. The second kappa shape index (κ2) is 8.51. The number of amides is 1. The maximum atomic E-state index is 12.0. The highest BCUT2D eigenvalue weighted by molar-refractivity contribution is 5.77. The first-order chi connectivity index (χ1) is 15.1. The molecule has 0 radical (unpaired) electrons. The molecule has 1 aliphatic heterocycles. The number of benzene rings is 1. The highest BCUT2D eigenvalue weighted by Crippen LogP contribution is 2.46. The number of hydrogen-bond acceptors (Lipinski definition) is 4. The van der Waals surface area contributed by atoms with Crippen LogP contribution in [0, 0.1) is 0 Å².